The van der Waals surface area contributed by atoms with Crippen molar-refractivity contribution in [2.75, 3.05) is 0 Å². The van der Waals surface area contributed by atoms with Gasteiger partial charge in [0.05, 0.1) is 22.2 Å². The zero-order chi connectivity index (χ0) is 29.0. The molecular formula is C40H26N4. The van der Waals surface area contributed by atoms with E-state index in [4.69, 9.17) is 9.97 Å². The van der Waals surface area contributed by atoms with Crippen LogP contribution in [0.1, 0.15) is 0 Å². The number of benzene rings is 6. The largest absolute Gasteiger partial charge is 0.351 e. The molecule has 0 bridgehead atoms. The Morgan fingerprint density at radius 1 is 0.455 bits per heavy atom. The van der Waals surface area contributed by atoms with E-state index in [1.54, 1.807) is 0 Å². The molecule has 0 amide bonds. The maximum atomic E-state index is 5.14. The van der Waals surface area contributed by atoms with Crippen molar-refractivity contribution < 1.29 is 0 Å². The van der Waals surface area contributed by atoms with Crippen LogP contribution in [0.2, 0.25) is 0 Å². The third-order valence-corrected chi connectivity index (χ3v) is 8.54. The molecule has 6 aromatic carbocycles. The fourth-order valence-corrected chi connectivity index (χ4v) is 6.47. The van der Waals surface area contributed by atoms with Crippen molar-refractivity contribution in [3.05, 3.63) is 152 Å². The summed E-state index contributed by atoms with van der Waals surface area (Å²) in [6.07, 6.45) is 0. The van der Waals surface area contributed by atoms with Gasteiger partial charge in [-0.25, -0.2) is 9.97 Å². The molecule has 3 aromatic heterocycles. The van der Waals surface area contributed by atoms with E-state index in [0.29, 0.717) is 0 Å². The molecule has 0 unspecified atom stereocenters. The zero-order valence-corrected chi connectivity index (χ0v) is 23.8. The number of aromatic nitrogens is 4. The van der Waals surface area contributed by atoms with Crippen LogP contribution in [0.4, 0.5) is 0 Å². The first-order valence-electron chi connectivity index (χ1n) is 14.9. The first-order chi connectivity index (χ1) is 21.8. The van der Waals surface area contributed by atoms with Gasteiger partial charge >= 0.3 is 0 Å². The van der Waals surface area contributed by atoms with Gasteiger partial charge in [-0.3, -0.25) is 0 Å². The summed E-state index contributed by atoms with van der Waals surface area (Å²) in [4.78, 5) is 13.8. The van der Waals surface area contributed by atoms with Crippen molar-refractivity contribution in [3.63, 3.8) is 0 Å². The standard InChI is InChI=1S/C40H26N4/c1-4-12-26(13-5-1)37-39-38(43-40(42-37)27-14-6-2-7-15-27)33-25-28(20-22-34(33)41-39)29-21-23-36-32(24-29)31-18-10-11-19-35(31)44(36)30-16-8-3-9-17-30/h1-25,41H. The summed E-state index contributed by atoms with van der Waals surface area (Å²) < 4.78 is 2.35. The van der Waals surface area contributed by atoms with Gasteiger partial charge in [-0.1, -0.05) is 109 Å². The first-order valence-corrected chi connectivity index (χ1v) is 14.9. The van der Waals surface area contributed by atoms with Crippen LogP contribution in [-0.2, 0) is 0 Å². The molecule has 0 spiro atoms. The van der Waals surface area contributed by atoms with Crippen LogP contribution < -0.4 is 0 Å². The van der Waals surface area contributed by atoms with Crippen molar-refractivity contribution in [1.29, 1.82) is 0 Å². The SMILES string of the molecule is c1ccc(-c2nc(-c3ccccc3)c3[nH]c4ccc(-c5ccc6c(c5)c5ccccc5n6-c5ccccc5)cc4c3n2)cc1. The fraction of sp³-hybridized carbons (Fsp3) is 0. The average molecular weight is 563 g/mol. The molecule has 4 nitrogen and oxygen atoms in total. The number of para-hydroxylation sites is 2. The highest BCUT2D eigenvalue weighted by Gasteiger charge is 2.17. The molecule has 4 heteroatoms. The van der Waals surface area contributed by atoms with Gasteiger partial charge in [0.25, 0.3) is 0 Å². The lowest BCUT2D eigenvalue weighted by molar-refractivity contribution is 1.18. The number of fused-ring (bicyclic) bond motifs is 6. The Morgan fingerprint density at radius 3 is 1.84 bits per heavy atom. The molecule has 0 saturated carbocycles. The van der Waals surface area contributed by atoms with Crippen molar-refractivity contribution in [1.82, 2.24) is 19.5 Å². The van der Waals surface area contributed by atoms with Gasteiger partial charge in [0.15, 0.2) is 5.82 Å². The van der Waals surface area contributed by atoms with Gasteiger partial charge in [-0.05, 0) is 53.6 Å². The molecule has 0 aliphatic carbocycles. The smallest absolute Gasteiger partial charge is 0.160 e. The van der Waals surface area contributed by atoms with E-state index in [1.807, 2.05) is 24.3 Å². The van der Waals surface area contributed by atoms with E-state index >= 15 is 0 Å². The molecule has 3 heterocycles. The topological polar surface area (TPSA) is 46.5 Å². The number of nitrogens with one attached hydrogen (secondary N) is 1. The number of hydrogen-bond acceptors (Lipinski definition) is 2. The lowest BCUT2D eigenvalue weighted by Gasteiger charge is -2.08. The van der Waals surface area contributed by atoms with Crippen LogP contribution in [-0.4, -0.2) is 19.5 Å². The normalized spacial score (nSPS) is 11.6. The summed E-state index contributed by atoms with van der Waals surface area (Å²) >= 11 is 0. The lowest BCUT2D eigenvalue weighted by atomic mass is 10.0. The summed E-state index contributed by atoms with van der Waals surface area (Å²) in [5, 5.41) is 3.57. The van der Waals surface area contributed by atoms with E-state index in [9.17, 15) is 0 Å². The van der Waals surface area contributed by atoms with Crippen LogP contribution in [0, 0.1) is 0 Å². The zero-order valence-electron chi connectivity index (χ0n) is 23.8. The van der Waals surface area contributed by atoms with Crippen LogP contribution in [0.5, 0.6) is 0 Å². The predicted octanol–water partition coefficient (Wildman–Crippen LogP) is 10.2. The highest BCUT2D eigenvalue weighted by atomic mass is 15.0. The van der Waals surface area contributed by atoms with Gasteiger partial charge in [0, 0.05) is 38.5 Å². The van der Waals surface area contributed by atoms with E-state index < -0.39 is 0 Å². The molecule has 206 valence electrons. The molecule has 0 radical (unpaired) electrons. The maximum Gasteiger partial charge on any atom is 0.160 e. The third kappa shape index (κ3) is 3.85. The van der Waals surface area contributed by atoms with E-state index in [0.717, 1.165) is 55.8 Å². The van der Waals surface area contributed by atoms with E-state index in [1.165, 1.54) is 27.4 Å². The Balaban J connectivity index is 1.26. The summed E-state index contributed by atoms with van der Waals surface area (Å²) in [6.45, 7) is 0. The Bertz CT molecular complexity index is 2470. The number of hydrogen-bond donors (Lipinski definition) is 1. The molecule has 0 atom stereocenters. The molecule has 0 aliphatic rings. The second kappa shape index (κ2) is 9.79. The Labute approximate surface area is 253 Å². The number of aromatic amines is 1. The van der Waals surface area contributed by atoms with E-state index in [-0.39, 0.29) is 0 Å². The molecule has 44 heavy (non-hydrogen) atoms. The molecule has 9 aromatic rings. The summed E-state index contributed by atoms with van der Waals surface area (Å²) in [5.74, 6) is 0.721. The third-order valence-electron chi connectivity index (χ3n) is 8.54. The Hall–Kier alpha value is -6.00. The van der Waals surface area contributed by atoms with Crippen molar-refractivity contribution in [2.45, 2.75) is 0 Å². The number of nitrogens with zero attached hydrogens (tertiary/aromatic N) is 3. The van der Waals surface area contributed by atoms with Crippen molar-refractivity contribution in [3.8, 4) is 39.5 Å². The Kier molecular flexibility index (Phi) is 5.47. The molecule has 0 fully saturated rings. The van der Waals surface area contributed by atoms with Gasteiger partial charge in [0.2, 0.25) is 0 Å². The van der Waals surface area contributed by atoms with Crippen molar-refractivity contribution in [2.24, 2.45) is 0 Å². The van der Waals surface area contributed by atoms with Crippen LogP contribution in [0.25, 0.3) is 83.2 Å². The highest BCUT2D eigenvalue weighted by Crippen LogP contribution is 2.38. The van der Waals surface area contributed by atoms with Crippen LogP contribution in [0.3, 0.4) is 0 Å². The van der Waals surface area contributed by atoms with Gasteiger partial charge < -0.3 is 9.55 Å². The van der Waals surface area contributed by atoms with Crippen LogP contribution in [0.15, 0.2) is 152 Å². The summed E-state index contributed by atoms with van der Waals surface area (Å²) in [7, 11) is 0. The first kappa shape index (κ1) is 24.6. The van der Waals surface area contributed by atoms with Gasteiger partial charge in [0.1, 0.15) is 5.52 Å². The quantitative estimate of drug-likeness (QED) is 0.232. The second-order valence-corrected chi connectivity index (χ2v) is 11.2. The minimum absolute atomic E-state index is 0.721. The van der Waals surface area contributed by atoms with E-state index in [2.05, 4.69) is 137 Å². The minimum atomic E-state index is 0.721. The molecule has 9 rings (SSSR count). The average Bonchev–Trinajstić information content (AvgIpc) is 3.64. The fourth-order valence-electron chi connectivity index (χ4n) is 6.47. The lowest BCUT2D eigenvalue weighted by Crippen LogP contribution is -1.94. The molecule has 1 N–H and O–H groups in total. The van der Waals surface area contributed by atoms with Crippen molar-refractivity contribution >= 4 is 43.7 Å². The predicted molar refractivity (Wildman–Crippen MR) is 182 cm³/mol. The summed E-state index contributed by atoms with van der Waals surface area (Å²) in [6, 6.07) is 53.2. The highest BCUT2D eigenvalue weighted by molar-refractivity contribution is 6.12. The Morgan fingerprint density at radius 2 is 1.07 bits per heavy atom. The van der Waals surface area contributed by atoms with Crippen LogP contribution >= 0.6 is 0 Å². The van der Waals surface area contributed by atoms with Gasteiger partial charge in [-0.15, -0.1) is 0 Å². The number of rotatable bonds is 4. The monoisotopic (exact) mass is 562 g/mol. The maximum absolute atomic E-state index is 5.14. The molecule has 0 aliphatic heterocycles. The molecule has 0 saturated heterocycles. The molecular weight excluding hydrogens is 536 g/mol. The summed E-state index contributed by atoms with van der Waals surface area (Å²) in [5.41, 5.74) is 11.8. The second-order valence-electron chi connectivity index (χ2n) is 11.2. The van der Waals surface area contributed by atoms with Gasteiger partial charge in [-0.2, -0.15) is 0 Å². The minimum Gasteiger partial charge on any atom is -0.351 e. The number of H-pyrrole nitrogens is 1.